The molecule has 0 aliphatic carbocycles. The fraction of sp³-hybridized carbons (Fsp3) is 0.0455. The predicted octanol–water partition coefficient (Wildman–Crippen LogP) is 3.86. The van der Waals surface area contributed by atoms with Crippen molar-refractivity contribution in [1.29, 1.82) is 0 Å². The SMILES string of the molecule is CC(=NNC(=O)c1cc(O)c(O)c(O)c1)c1cccc(NC(=O)c2ccc(Cl)cc2)c1. The molecule has 0 unspecified atom stereocenters. The molecule has 0 heterocycles. The summed E-state index contributed by atoms with van der Waals surface area (Å²) in [4.78, 5) is 24.6. The Morgan fingerprint density at radius 1 is 0.839 bits per heavy atom. The highest BCUT2D eigenvalue weighted by molar-refractivity contribution is 6.30. The highest BCUT2D eigenvalue weighted by Gasteiger charge is 2.13. The van der Waals surface area contributed by atoms with Crippen molar-refractivity contribution in [3.8, 4) is 17.2 Å². The Hall–Kier alpha value is -4.04. The quantitative estimate of drug-likeness (QED) is 0.234. The highest BCUT2D eigenvalue weighted by Crippen LogP contribution is 2.35. The first-order valence-corrected chi connectivity index (χ1v) is 9.39. The lowest BCUT2D eigenvalue weighted by Gasteiger charge is -2.08. The molecule has 0 saturated carbocycles. The van der Waals surface area contributed by atoms with E-state index in [2.05, 4.69) is 15.8 Å². The van der Waals surface area contributed by atoms with Gasteiger partial charge in [0.2, 0.25) is 0 Å². The van der Waals surface area contributed by atoms with E-state index in [1.54, 1.807) is 55.5 Å². The van der Waals surface area contributed by atoms with Crippen LogP contribution in [0, 0.1) is 0 Å². The number of nitrogens with zero attached hydrogens (tertiary/aromatic N) is 1. The third-order valence-corrected chi connectivity index (χ3v) is 4.55. The van der Waals surface area contributed by atoms with Gasteiger partial charge in [0.25, 0.3) is 11.8 Å². The molecule has 0 aromatic heterocycles. The van der Waals surface area contributed by atoms with Crippen LogP contribution in [0.25, 0.3) is 0 Å². The number of phenolic OH excluding ortho intramolecular Hbond substituents is 3. The molecule has 0 atom stereocenters. The zero-order valence-corrected chi connectivity index (χ0v) is 17.0. The summed E-state index contributed by atoms with van der Waals surface area (Å²) in [6, 6.07) is 15.4. The number of carbonyl (C=O) groups is 2. The maximum Gasteiger partial charge on any atom is 0.271 e. The number of benzene rings is 3. The number of phenols is 3. The number of halogens is 1. The van der Waals surface area contributed by atoms with Crippen LogP contribution in [0.5, 0.6) is 17.2 Å². The molecule has 158 valence electrons. The van der Waals surface area contributed by atoms with Crippen molar-refractivity contribution in [3.63, 3.8) is 0 Å². The summed E-state index contributed by atoms with van der Waals surface area (Å²) < 4.78 is 0. The number of rotatable bonds is 5. The van der Waals surface area contributed by atoms with Crippen molar-refractivity contribution < 1.29 is 24.9 Å². The van der Waals surface area contributed by atoms with E-state index in [1.807, 2.05) is 0 Å². The van der Waals surface area contributed by atoms with E-state index in [0.717, 1.165) is 12.1 Å². The van der Waals surface area contributed by atoms with Gasteiger partial charge < -0.3 is 20.6 Å². The third kappa shape index (κ3) is 5.31. The smallest absolute Gasteiger partial charge is 0.271 e. The molecular weight excluding hydrogens is 422 g/mol. The highest BCUT2D eigenvalue weighted by atomic mass is 35.5. The van der Waals surface area contributed by atoms with E-state index in [9.17, 15) is 24.9 Å². The van der Waals surface area contributed by atoms with E-state index in [0.29, 0.717) is 27.5 Å². The van der Waals surface area contributed by atoms with Gasteiger partial charge in [-0.05, 0) is 61.0 Å². The van der Waals surface area contributed by atoms with Crippen LogP contribution in [-0.2, 0) is 0 Å². The number of amides is 2. The maximum absolute atomic E-state index is 12.4. The Labute approximate surface area is 182 Å². The first-order valence-electron chi connectivity index (χ1n) is 9.01. The number of hydrogen-bond donors (Lipinski definition) is 5. The second-order valence-electron chi connectivity index (χ2n) is 6.54. The molecule has 2 amide bonds. The Balaban J connectivity index is 1.71. The molecule has 0 fully saturated rings. The Kier molecular flexibility index (Phi) is 6.42. The number of nitrogens with one attached hydrogen (secondary N) is 2. The summed E-state index contributed by atoms with van der Waals surface area (Å²) >= 11 is 5.83. The third-order valence-electron chi connectivity index (χ3n) is 4.30. The molecule has 0 aliphatic rings. The van der Waals surface area contributed by atoms with Gasteiger partial charge in [-0.2, -0.15) is 5.10 Å². The molecule has 8 nitrogen and oxygen atoms in total. The largest absolute Gasteiger partial charge is 0.504 e. The summed E-state index contributed by atoms with van der Waals surface area (Å²) in [6.07, 6.45) is 0. The Bertz CT molecular complexity index is 1150. The summed E-state index contributed by atoms with van der Waals surface area (Å²) in [6.45, 7) is 1.66. The van der Waals surface area contributed by atoms with Crippen LogP contribution in [0.2, 0.25) is 5.02 Å². The van der Waals surface area contributed by atoms with E-state index in [-0.39, 0.29) is 11.5 Å². The van der Waals surface area contributed by atoms with Crippen molar-refractivity contribution in [1.82, 2.24) is 5.43 Å². The first kappa shape index (κ1) is 21.7. The zero-order valence-electron chi connectivity index (χ0n) is 16.3. The average molecular weight is 440 g/mol. The minimum absolute atomic E-state index is 0.0895. The number of anilines is 1. The van der Waals surface area contributed by atoms with Gasteiger partial charge in [0.05, 0.1) is 5.71 Å². The van der Waals surface area contributed by atoms with Crippen LogP contribution in [0.15, 0.2) is 65.8 Å². The zero-order chi connectivity index (χ0) is 22.5. The normalized spacial score (nSPS) is 11.1. The van der Waals surface area contributed by atoms with Crippen LogP contribution in [0.1, 0.15) is 33.2 Å². The van der Waals surface area contributed by atoms with Crippen molar-refractivity contribution in [2.75, 3.05) is 5.32 Å². The lowest BCUT2D eigenvalue weighted by atomic mass is 10.1. The number of carbonyl (C=O) groups excluding carboxylic acids is 2. The van der Waals surface area contributed by atoms with Gasteiger partial charge in [-0.1, -0.05) is 23.7 Å². The Morgan fingerprint density at radius 3 is 2.13 bits per heavy atom. The summed E-state index contributed by atoms with van der Waals surface area (Å²) in [5, 5.41) is 35.7. The monoisotopic (exact) mass is 439 g/mol. The standard InChI is InChI=1S/C22H18ClN3O5/c1-12(25-26-22(31)15-10-18(27)20(29)19(28)11-15)14-3-2-4-17(9-14)24-21(30)13-5-7-16(23)8-6-13/h2-11,27-29H,1H3,(H,24,30)(H,26,31). The van der Waals surface area contributed by atoms with Gasteiger partial charge in [-0.15, -0.1) is 0 Å². The first-order chi connectivity index (χ1) is 14.7. The van der Waals surface area contributed by atoms with Crippen LogP contribution in [0.3, 0.4) is 0 Å². The van der Waals surface area contributed by atoms with E-state index in [1.165, 1.54) is 0 Å². The fourth-order valence-corrected chi connectivity index (χ4v) is 2.75. The van der Waals surface area contributed by atoms with Crippen LogP contribution in [0.4, 0.5) is 5.69 Å². The van der Waals surface area contributed by atoms with Crippen LogP contribution in [-0.4, -0.2) is 32.8 Å². The van der Waals surface area contributed by atoms with Crippen LogP contribution >= 0.6 is 11.6 Å². The van der Waals surface area contributed by atoms with E-state index >= 15 is 0 Å². The maximum atomic E-state index is 12.4. The molecule has 3 rings (SSSR count). The molecule has 0 radical (unpaired) electrons. The van der Waals surface area contributed by atoms with Gasteiger partial charge in [-0.25, -0.2) is 5.43 Å². The fourth-order valence-electron chi connectivity index (χ4n) is 2.63. The second kappa shape index (κ2) is 9.19. The molecule has 31 heavy (non-hydrogen) atoms. The molecule has 3 aromatic carbocycles. The lowest BCUT2D eigenvalue weighted by Crippen LogP contribution is -2.19. The lowest BCUT2D eigenvalue weighted by molar-refractivity contribution is 0.0953. The van der Waals surface area contributed by atoms with Crippen molar-refractivity contribution in [2.24, 2.45) is 5.10 Å². The minimum atomic E-state index is -0.714. The van der Waals surface area contributed by atoms with E-state index < -0.39 is 23.2 Å². The summed E-state index contributed by atoms with van der Waals surface area (Å²) in [5.74, 6) is -2.97. The molecule has 0 bridgehead atoms. The second-order valence-corrected chi connectivity index (χ2v) is 6.98. The molecule has 9 heteroatoms. The molecule has 5 N–H and O–H groups in total. The summed E-state index contributed by atoms with van der Waals surface area (Å²) in [5.41, 5.74) is 4.30. The van der Waals surface area contributed by atoms with Crippen molar-refractivity contribution in [2.45, 2.75) is 6.92 Å². The average Bonchev–Trinajstić information content (AvgIpc) is 2.75. The molecule has 0 saturated heterocycles. The summed E-state index contributed by atoms with van der Waals surface area (Å²) in [7, 11) is 0. The van der Waals surface area contributed by atoms with Gasteiger partial charge in [0, 0.05) is 21.8 Å². The number of aromatic hydroxyl groups is 3. The predicted molar refractivity (Wildman–Crippen MR) is 117 cm³/mol. The molecule has 0 aliphatic heterocycles. The van der Waals surface area contributed by atoms with Crippen molar-refractivity contribution >= 4 is 34.8 Å². The van der Waals surface area contributed by atoms with Gasteiger partial charge in [-0.3, -0.25) is 9.59 Å². The molecule has 3 aromatic rings. The van der Waals surface area contributed by atoms with Gasteiger partial charge in [0.1, 0.15) is 0 Å². The molecular formula is C22H18ClN3O5. The minimum Gasteiger partial charge on any atom is -0.504 e. The van der Waals surface area contributed by atoms with Gasteiger partial charge in [0.15, 0.2) is 17.2 Å². The number of hydrazone groups is 1. The number of hydrogen-bond acceptors (Lipinski definition) is 6. The van der Waals surface area contributed by atoms with Crippen molar-refractivity contribution in [3.05, 3.63) is 82.4 Å². The topological polar surface area (TPSA) is 131 Å². The van der Waals surface area contributed by atoms with Crippen LogP contribution < -0.4 is 10.7 Å². The van der Waals surface area contributed by atoms with E-state index in [4.69, 9.17) is 11.6 Å². The molecule has 0 spiro atoms. The Morgan fingerprint density at radius 2 is 1.48 bits per heavy atom. The van der Waals surface area contributed by atoms with Gasteiger partial charge >= 0.3 is 0 Å².